The van der Waals surface area contributed by atoms with Gasteiger partial charge in [0.25, 0.3) is 0 Å². The lowest BCUT2D eigenvalue weighted by molar-refractivity contribution is 0.211. The predicted molar refractivity (Wildman–Crippen MR) is 59.9 cm³/mol. The smallest absolute Gasteiger partial charge is 0.224 e. The number of ether oxygens (including phenoxy) is 1. The molecule has 0 radical (unpaired) electrons. The lowest BCUT2D eigenvalue weighted by atomic mass is 10.2. The minimum absolute atomic E-state index is 0.184. The lowest BCUT2D eigenvalue weighted by Crippen LogP contribution is -2.11. The molecule has 1 aromatic carbocycles. The van der Waals surface area contributed by atoms with Crippen molar-refractivity contribution in [2.24, 2.45) is 0 Å². The summed E-state index contributed by atoms with van der Waals surface area (Å²) in [6.07, 6.45) is 2.70. The third-order valence-electron chi connectivity index (χ3n) is 2.39. The molecule has 2 aromatic rings. The molecule has 15 heavy (non-hydrogen) atoms. The monoisotopic (exact) mass is 202 g/mol. The number of nitrogens with zero attached hydrogens (tertiary/aromatic N) is 2. The lowest BCUT2D eigenvalue weighted by Gasteiger charge is -2.12. The molecule has 0 aliphatic heterocycles. The van der Waals surface area contributed by atoms with Crippen LogP contribution in [0.2, 0.25) is 0 Å². The average Bonchev–Trinajstić information content (AvgIpc) is 2.29. The first kappa shape index (κ1) is 9.90. The van der Waals surface area contributed by atoms with Crippen molar-refractivity contribution in [3.05, 3.63) is 30.6 Å². The minimum atomic E-state index is 0.184. The molecular weight excluding hydrogens is 188 g/mol. The Morgan fingerprint density at radius 3 is 2.87 bits per heavy atom. The molecule has 0 spiro atoms. The van der Waals surface area contributed by atoms with Gasteiger partial charge in [-0.05, 0) is 25.5 Å². The Kier molecular flexibility index (Phi) is 2.81. The summed E-state index contributed by atoms with van der Waals surface area (Å²) in [6, 6.07) is 7.87. The van der Waals surface area contributed by atoms with Crippen LogP contribution in [0.25, 0.3) is 10.9 Å². The van der Waals surface area contributed by atoms with E-state index in [0.717, 1.165) is 17.3 Å². The zero-order chi connectivity index (χ0) is 10.7. The highest BCUT2D eigenvalue weighted by Gasteiger charge is 2.06. The van der Waals surface area contributed by atoms with Crippen molar-refractivity contribution >= 4 is 10.9 Å². The number of para-hydroxylation sites is 1. The number of hydrogen-bond acceptors (Lipinski definition) is 3. The molecule has 78 valence electrons. The Bertz CT molecular complexity index is 451. The number of hydrogen-bond donors (Lipinski definition) is 0. The van der Waals surface area contributed by atoms with Crippen LogP contribution in [0.4, 0.5) is 0 Å². The molecule has 0 saturated carbocycles. The third-order valence-corrected chi connectivity index (χ3v) is 2.39. The molecule has 3 nitrogen and oxygen atoms in total. The van der Waals surface area contributed by atoms with Gasteiger partial charge in [-0.2, -0.15) is 0 Å². The molecular formula is C12H14N2O. The van der Waals surface area contributed by atoms with E-state index in [1.807, 2.05) is 31.2 Å². The zero-order valence-corrected chi connectivity index (χ0v) is 8.97. The van der Waals surface area contributed by atoms with E-state index in [0.29, 0.717) is 5.88 Å². The van der Waals surface area contributed by atoms with Crippen molar-refractivity contribution in [2.45, 2.75) is 26.4 Å². The summed E-state index contributed by atoms with van der Waals surface area (Å²) in [5, 5.41) is 0.973. The Hall–Kier alpha value is -1.64. The summed E-state index contributed by atoms with van der Waals surface area (Å²) in [5.74, 6) is 0.676. The van der Waals surface area contributed by atoms with E-state index >= 15 is 0 Å². The normalized spacial score (nSPS) is 12.7. The third kappa shape index (κ3) is 2.06. The van der Waals surface area contributed by atoms with Crippen LogP contribution in [-0.4, -0.2) is 16.1 Å². The summed E-state index contributed by atoms with van der Waals surface area (Å²) in [4.78, 5) is 8.35. The Morgan fingerprint density at radius 1 is 1.27 bits per heavy atom. The van der Waals surface area contributed by atoms with Gasteiger partial charge in [-0.1, -0.05) is 19.1 Å². The topological polar surface area (TPSA) is 35.0 Å². The zero-order valence-electron chi connectivity index (χ0n) is 8.97. The van der Waals surface area contributed by atoms with Gasteiger partial charge < -0.3 is 4.74 Å². The van der Waals surface area contributed by atoms with Gasteiger partial charge in [0.1, 0.15) is 6.33 Å². The minimum Gasteiger partial charge on any atom is -0.474 e. The van der Waals surface area contributed by atoms with Crippen molar-refractivity contribution in [3.8, 4) is 5.88 Å². The van der Waals surface area contributed by atoms with Gasteiger partial charge in [-0.25, -0.2) is 9.97 Å². The largest absolute Gasteiger partial charge is 0.474 e. The van der Waals surface area contributed by atoms with Gasteiger partial charge in [0, 0.05) is 0 Å². The van der Waals surface area contributed by atoms with Crippen LogP contribution in [0, 0.1) is 0 Å². The molecule has 2 rings (SSSR count). The first-order valence-electron chi connectivity index (χ1n) is 5.17. The number of fused-ring (bicyclic) bond motifs is 1. The van der Waals surface area contributed by atoms with E-state index < -0.39 is 0 Å². The molecule has 0 amide bonds. The van der Waals surface area contributed by atoms with E-state index in [9.17, 15) is 0 Å². The fourth-order valence-electron chi connectivity index (χ4n) is 1.35. The number of benzene rings is 1. The van der Waals surface area contributed by atoms with Gasteiger partial charge in [0.05, 0.1) is 17.0 Å². The highest BCUT2D eigenvalue weighted by molar-refractivity contribution is 5.82. The summed E-state index contributed by atoms with van der Waals surface area (Å²) < 4.78 is 5.73. The number of rotatable bonds is 3. The predicted octanol–water partition coefficient (Wildman–Crippen LogP) is 2.81. The van der Waals surface area contributed by atoms with Crippen molar-refractivity contribution in [1.82, 2.24) is 9.97 Å². The molecule has 0 aliphatic carbocycles. The van der Waals surface area contributed by atoms with Crippen LogP contribution in [0.1, 0.15) is 20.3 Å². The maximum absolute atomic E-state index is 5.73. The molecule has 0 N–H and O–H groups in total. The molecule has 0 aliphatic rings. The van der Waals surface area contributed by atoms with Crippen LogP contribution in [0.5, 0.6) is 5.88 Å². The molecule has 1 aromatic heterocycles. The molecule has 1 unspecified atom stereocenters. The van der Waals surface area contributed by atoms with E-state index in [1.54, 1.807) is 6.33 Å². The highest BCUT2D eigenvalue weighted by Crippen LogP contribution is 2.21. The van der Waals surface area contributed by atoms with Gasteiger partial charge in [0.2, 0.25) is 5.88 Å². The van der Waals surface area contributed by atoms with Crippen LogP contribution in [0.3, 0.4) is 0 Å². The molecule has 1 atom stereocenters. The summed E-state index contributed by atoms with van der Waals surface area (Å²) in [5.41, 5.74) is 0.922. The fraction of sp³-hybridized carbons (Fsp3) is 0.333. The molecule has 0 saturated heterocycles. The maximum atomic E-state index is 5.73. The Morgan fingerprint density at radius 2 is 2.07 bits per heavy atom. The van der Waals surface area contributed by atoms with E-state index in [1.165, 1.54) is 0 Å². The van der Waals surface area contributed by atoms with Crippen LogP contribution in [0.15, 0.2) is 30.6 Å². The second-order valence-corrected chi connectivity index (χ2v) is 3.53. The Labute approximate surface area is 89.1 Å². The van der Waals surface area contributed by atoms with E-state index in [2.05, 4.69) is 16.9 Å². The summed E-state index contributed by atoms with van der Waals surface area (Å²) >= 11 is 0. The maximum Gasteiger partial charge on any atom is 0.224 e. The van der Waals surface area contributed by atoms with Crippen molar-refractivity contribution in [2.75, 3.05) is 0 Å². The molecule has 3 heteroatoms. The van der Waals surface area contributed by atoms with E-state index in [4.69, 9.17) is 4.74 Å². The quantitative estimate of drug-likeness (QED) is 0.767. The van der Waals surface area contributed by atoms with Crippen molar-refractivity contribution < 1.29 is 4.74 Å². The first-order valence-corrected chi connectivity index (χ1v) is 5.17. The summed E-state index contributed by atoms with van der Waals surface area (Å²) in [6.45, 7) is 4.13. The molecule has 0 fully saturated rings. The van der Waals surface area contributed by atoms with E-state index in [-0.39, 0.29) is 6.10 Å². The van der Waals surface area contributed by atoms with Gasteiger partial charge in [0.15, 0.2) is 0 Å². The van der Waals surface area contributed by atoms with Crippen LogP contribution >= 0.6 is 0 Å². The summed E-state index contributed by atoms with van der Waals surface area (Å²) in [7, 11) is 0. The average molecular weight is 202 g/mol. The molecule has 1 heterocycles. The van der Waals surface area contributed by atoms with Gasteiger partial charge in [-0.15, -0.1) is 0 Å². The van der Waals surface area contributed by atoms with Gasteiger partial charge in [-0.3, -0.25) is 0 Å². The fourth-order valence-corrected chi connectivity index (χ4v) is 1.35. The second-order valence-electron chi connectivity index (χ2n) is 3.53. The second kappa shape index (κ2) is 4.26. The van der Waals surface area contributed by atoms with Crippen molar-refractivity contribution in [1.29, 1.82) is 0 Å². The standard InChI is InChI=1S/C12H14N2O/c1-3-9(2)15-12-10-6-4-5-7-11(10)13-8-14-12/h4-9H,3H2,1-2H3. The van der Waals surface area contributed by atoms with Crippen molar-refractivity contribution in [3.63, 3.8) is 0 Å². The SMILES string of the molecule is CCC(C)Oc1ncnc2ccccc12. The first-order chi connectivity index (χ1) is 7.31. The van der Waals surface area contributed by atoms with Crippen LogP contribution in [-0.2, 0) is 0 Å². The highest BCUT2D eigenvalue weighted by atomic mass is 16.5. The molecule has 0 bridgehead atoms. The number of aromatic nitrogens is 2. The van der Waals surface area contributed by atoms with Gasteiger partial charge >= 0.3 is 0 Å². The Balaban J connectivity index is 2.42. The van der Waals surface area contributed by atoms with Crippen LogP contribution < -0.4 is 4.74 Å².